The van der Waals surface area contributed by atoms with Crippen molar-refractivity contribution in [2.75, 3.05) is 19.8 Å². The minimum Gasteiger partial charge on any atom is -0.381 e. The standard InChI is InChI=1S/C10H18N2O/c1-9(2)8-11-12-10-4-3-6-13-7-5-10/h11H,1,3-8H2,2H3/b12-10-. The topological polar surface area (TPSA) is 33.6 Å². The molecule has 0 unspecified atom stereocenters. The van der Waals surface area contributed by atoms with Gasteiger partial charge in [0.2, 0.25) is 0 Å². The molecule has 74 valence electrons. The van der Waals surface area contributed by atoms with Gasteiger partial charge >= 0.3 is 0 Å². The van der Waals surface area contributed by atoms with Crippen LogP contribution in [0.5, 0.6) is 0 Å². The SMILES string of the molecule is C=C(C)CN/N=C1/CCCOCC1. The Balaban J connectivity index is 2.26. The van der Waals surface area contributed by atoms with Crippen LogP contribution in [0.2, 0.25) is 0 Å². The molecule has 3 nitrogen and oxygen atoms in total. The summed E-state index contributed by atoms with van der Waals surface area (Å²) in [4.78, 5) is 0. The lowest BCUT2D eigenvalue weighted by atomic mass is 10.2. The van der Waals surface area contributed by atoms with Crippen molar-refractivity contribution in [1.29, 1.82) is 0 Å². The van der Waals surface area contributed by atoms with Gasteiger partial charge in [0.1, 0.15) is 0 Å². The quantitative estimate of drug-likeness (QED) is 0.532. The number of nitrogens with zero attached hydrogens (tertiary/aromatic N) is 1. The Labute approximate surface area is 79.9 Å². The van der Waals surface area contributed by atoms with Crippen LogP contribution in [0.3, 0.4) is 0 Å². The predicted molar refractivity (Wildman–Crippen MR) is 54.9 cm³/mol. The van der Waals surface area contributed by atoms with Gasteiger partial charge in [-0.2, -0.15) is 5.10 Å². The van der Waals surface area contributed by atoms with E-state index in [4.69, 9.17) is 4.74 Å². The van der Waals surface area contributed by atoms with Crippen LogP contribution in [0.15, 0.2) is 17.3 Å². The molecule has 1 N–H and O–H groups in total. The second-order valence-corrected chi connectivity index (χ2v) is 3.44. The molecular formula is C10H18N2O. The van der Waals surface area contributed by atoms with Gasteiger partial charge in [-0.15, -0.1) is 0 Å². The second kappa shape index (κ2) is 5.75. The second-order valence-electron chi connectivity index (χ2n) is 3.44. The highest BCUT2D eigenvalue weighted by Gasteiger charge is 2.04. The molecule has 1 aliphatic heterocycles. The maximum atomic E-state index is 5.33. The number of hydrogen-bond donors (Lipinski definition) is 1. The van der Waals surface area contributed by atoms with E-state index in [0.717, 1.165) is 44.6 Å². The molecule has 13 heavy (non-hydrogen) atoms. The maximum Gasteiger partial charge on any atom is 0.0534 e. The van der Waals surface area contributed by atoms with Crippen LogP contribution in [-0.2, 0) is 4.74 Å². The maximum absolute atomic E-state index is 5.33. The Morgan fingerprint density at radius 1 is 1.54 bits per heavy atom. The molecule has 0 aromatic rings. The first-order valence-electron chi connectivity index (χ1n) is 4.79. The summed E-state index contributed by atoms with van der Waals surface area (Å²) >= 11 is 0. The Bertz CT molecular complexity index is 189. The Morgan fingerprint density at radius 3 is 3.15 bits per heavy atom. The monoisotopic (exact) mass is 182 g/mol. The van der Waals surface area contributed by atoms with Gasteiger partial charge < -0.3 is 10.2 Å². The van der Waals surface area contributed by atoms with Gasteiger partial charge in [0.25, 0.3) is 0 Å². The molecular weight excluding hydrogens is 164 g/mol. The predicted octanol–water partition coefficient (Wildman–Crippen LogP) is 1.71. The van der Waals surface area contributed by atoms with Crippen LogP contribution < -0.4 is 5.43 Å². The van der Waals surface area contributed by atoms with Crippen molar-refractivity contribution in [3.8, 4) is 0 Å². The first-order valence-corrected chi connectivity index (χ1v) is 4.79. The first-order chi connectivity index (χ1) is 6.29. The smallest absolute Gasteiger partial charge is 0.0534 e. The van der Waals surface area contributed by atoms with E-state index in [9.17, 15) is 0 Å². The molecule has 0 aliphatic carbocycles. The van der Waals surface area contributed by atoms with Gasteiger partial charge in [0.15, 0.2) is 0 Å². The minimum absolute atomic E-state index is 0.768. The lowest BCUT2D eigenvalue weighted by Gasteiger charge is -2.02. The van der Waals surface area contributed by atoms with E-state index in [1.54, 1.807) is 0 Å². The van der Waals surface area contributed by atoms with Crippen molar-refractivity contribution < 1.29 is 4.74 Å². The normalized spacial score (nSPS) is 21.2. The van der Waals surface area contributed by atoms with E-state index in [2.05, 4.69) is 17.1 Å². The van der Waals surface area contributed by atoms with Gasteiger partial charge in [-0.05, 0) is 19.8 Å². The Kier molecular flexibility index (Phi) is 4.54. The highest BCUT2D eigenvalue weighted by molar-refractivity contribution is 5.84. The molecule has 1 saturated heterocycles. The van der Waals surface area contributed by atoms with Crippen LogP contribution in [0.1, 0.15) is 26.2 Å². The summed E-state index contributed by atoms with van der Waals surface area (Å²) in [6, 6.07) is 0. The first kappa shape index (κ1) is 10.3. The molecule has 0 aromatic carbocycles. The summed E-state index contributed by atoms with van der Waals surface area (Å²) in [6.45, 7) is 8.25. The molecule has 0 radical (unpaired) electrons. The van der Waals surface area contributed by atoms with Crippen molar-refractivity contribution in [3.05, 3.63) is 12.2 Å². The molecule has 0 amide bonds. The zero-order chi connectivity index (χ0) is 9.52. The van der Waals surface area contributed by atoms with Crippen LogP contribution in [0.25, 0.3) is 0 Å². The van der Waals surface area contributed by atoms with Gasteiger partial charge in [0.05, 0.1) is 13.2 Å². The van der Waals surface area contributed by atoms with E-state index in [0.29, 0.717) is 0 Å². The molecule has 1 aliphatic rings. The number of ether oxygens (including phenoxy) is 1. The zero-order valence-corrected chi connectivity index (χ0v) is 8.31. The largest absolute Gasteiger partial charge is 0.381 e. The molecule has 0 atom stereocenters. The highest BCUT2D eigenvalue weighted by atomic mass is 16.5. The van der Waals surface area contributed by atoms with Crippen LogP contribution in [-0.4, -0.2) is 25.5 Å². The molecule has 1 heterocycles. The number of hydrazone groups is 1. The minimum atomic E-state index is 0.768. The van der Waals surface area contributed by atoms with Crippen LogP contribution in [0.4, 0.5) is 0 Å². The van der Waals surface area contributed by atoms with Crippen molar-refractivity contribution in [2.45, 2.75) is 26.2 Å². The summed E-state index contributed by atoms with van der Waals surface area (Å²) in [6.07, 6.45) is 3.11. The molecule has 0 bridgehead atoms. The fourth-order valence-electron chi connectivity index (χ4n) is 1.19. The van der Waals surface area contributed by atoms with Crippen molar-refractivity contribution in [2.24, 2.45) is 5.10 Å². The van der Waals surface area contributed by atoms with Crippen molar-refractivity contribution in [3.63, 3.8) is 0 Å². The Hall–Kier alpha value is -0.830. The fourth-order valence-corrected chi connectivity index (χ4v) is 1.19. The molecule has 0 saturated carbocycles. The molecule has 0 aromatic heterocycles. The Morgan fingerprint density at radius 2 is 2.38 bits per heavy atom. The number of nitrogens with one attached hydrogen (secondary N) is 1. The summed E-state index contributed by atoms with van der Waals surface area (Å²) < 4.78 is 5.33. The third kappa shape index (κ3) is 4.68. The summed E-state index contributed by atoms with van der Waals surface area (Å²) in [7, 11) is 0. The van der Waals surface area contributed by atoms with Crippen molar-refractivity contribution >= 4 is 5.71 Å². The molecule has 3 heteroatoms. The van der Waals surface area contributed by atoms with Crippen molar-refractivity contribution in [1.82, 2.24) is 5.43 Å². The van der Waals surface area contributed by atoms with E-state index in [1.807, 2.05) is 6.92 Å². The van der Waals surface area contributed by atoms with Crippen LogP contribution in [0, 0.1) is 0 Å². The summed E-state index contributed by atoms with van der Waals surface area (Å²) in [5.41, 5.74) is 5.34. The number of rotatable bonds is 3. The van der Waals surface area contributed by atoms with E-state index in [1.165, 1.54) is 5.71 Å². The lowest BCUT2D eigenvalue weighted by Crippen LogP contribution is -2.12. The van der Waals surface area contributed by atoms with Gasteiger partial charge in [0, 0.05) is 18.7 Å². The summed E-state index contributed by atoms with van der Waals surface area (Å²) in [5, 5.41) is 4.31. The molecule has 0 spiro atoms. The van der Waals surface area contributed by atoms with Crippen LogP contribution >= 0.6 is 0 Å². The lowest BCUT2D eigenvalue weighted by molar-refractivity contribution is 0.147. The third-order valence-corrected chi connectivity index (χ3v) is 1.91. The molecule has 1 rings (SSSR count). The number of hydrogen-bond acceptors (Lipinski definition) is 3. The summed E-state index contributed by atoms with van der Waals surface area (Å²) in [5.74, 6) is 0. The average Bonchev–Trinajstić information content (AvgIpc) is 2.32. The van der Waals surface area contributed by atoms with E-state index in [-0.39, 0.29) is 0 Å². The fraction of sp³-hybridized carbons (Fsp3) is 0.700. The molecule has 1 fully saturated rings. The highest BCUT2D eigenvalue weighted by Crippen LogP contribution is 2.03. The third-order valence-electron chi connectivity index (χ3n) is 1.91. The van der Waals surface area contributed by atoms with Gasteiger partial charge in [-0.25, -0.2) is 0 Å². The average molecular weight is 182 g/mol. The van der Waals surface area contributed by atoms with Gasteiger partial charge in [-0.3, -0.25) is 0 Å². The zero-order valence-electron chi connectivity index (χ0n) is 8.31. The van der Waals surface area contributed by atoms with E-state index >= 15 is 0 Å². The van der Waals surface area contributed by atoms with E-state index < -0.39 is 0 Å². The van der Waals surface area contributed by atoms with Gasteiger partial charge in [-0.1, -0.05) is 12.2 Å².